The van der Waals surface area contributed by atoms with Crippen LogP contribution in [0, 0.1) is 23.2 Å². The summed E-state index contributed by atoms with van der Waals surface area (Å²) in [6.45, 7) is 4.73. The van der Waals surface area contributed by atoms with E-state index in [-0.39, 0.29) is 0 Å². The lowest BCUT2D eigenvalue weighted by atomic mass is 9.63. The van der Waals surface area contributed by atoms with Gasteiger partial charge in [-0.15, -0.1) is 0 Å². The summed E-state index contributed by atoms with van der Waals surface area (Å²) in [5, 5.41) is 8.75. The number of carboxylic acid groups (broad SMARTS) is 1. The Kier molecular flexibility index (Phi) is 3.79. The SMILES string of the molecule is C[C@H](CCC(=O)O)[C@H]1CC[C@]2(C)CCC[C@H]2C1. The lowest BCUT2D eigenvalue weighted by molar-refractivity contribution is -0.137. The van der Waals surface area contributed by atoms with Crippen molar-refractivity contribution in [3.8, 4) is 0 Å². The zero-order valence-electron chi connectivity index (χ0n) is 11.2. The van der Waals surface area contributed by atoms with Crippen LogP contribution < -0.4 is 0 Å². The minimum absolute atomic E-state index is 0.347. The highest BCUT2D eigenvalue weighted by Crippen LogP contribution is 2.54. The maximum Gasteiger partial charge on any atom is 0.303 e. The van der Waals surface area contributed by atoms with E-state index in [1.54, 1.807) is 0 Å². The minimum atomic E-state index is -0.640. The van der Waals surface area contributed by atoms with Crippen LogP contribution in [-0.4, -0.2) is 11.1 Å². The maximum absolute atomic E-state index is 10.6. The highest BCUT2D eigenvalue weighted by atomic mass is 16.4. The van der Waals surface area contributed by atoms with Crippen molar-refractivity contribution in [3.63, 3.8) is 0 Å². The van der Waals surface area contributed by atoms with Crippen LogP contribution in [0.4, 0.5) is 0 Å². The Hall–Kier alpha value is -0.530. The zero-order valence-corrected chi connectivity index (χ0v) is 11.2. The van der Waals surface area contributed by atoms with Crippen molar-refractivity contribution in [2.24, 2.45) is 23.2 Å². The van der Waals surface area contributed by atoms with E-state index in [1.807, 2.05) is 0 Å². The third kappa shape index (κ3) is 2.83. The van der Waals surface area contributed by atoms with Crippen molar-refractivity contribution in [2.75, 3.05) is 0 Å². The number of hydrogen-bond donors (Lipinski definition) is 1. The molecule has 98 valence electrons. The van der Waals surface area contributed by atoms with Crippen LogP contribution in [0.5, 0.6) is 0 Å². The molecule has 0 spiro atoms. The Labute approximate surface area is 105 Å². The van der Waals surface area contributed by atoms with E-state index in [4.69, 9.17) is 5.11 Å². The number of hydrogen-bond acceptors (Lipinski definition) is 1. The molecule has 0 aromatic rings. The van der Waals surface area contributed by atoms with Gasteiger partial charge in [0.25, 0.3) is 0 Å². The molecule has 2 rings (SSSR count). The summed E-state index contributed by atoms with van der Waals surface area (Å²) in [5.74, 6) is 1.66. The molecule has 2 aliphatic rings. The van der Waals surface area contributed by atoms with Crippen LogP contribution in [0.3, 0.4) is 0 Å². The van der Waals surface area contributed by atoms with Gasteiger partial charge in [-0.05, 0) is 61.7 Å². The van der Waals surface area contributed by atoms with Crippen molar-refractivity contribution in [1.29, 1.82) is 0 Å². The van der Waals surface area contributed by atoms with E-state index in [0.29, 0.717) is 17.8 Å². The summed E-state index contributed by atoms with van der Waals surface area (Å²) in [6.07, 6.45) is 9.53. The van der Waals surface area contributed by atoms with Crippen molar-refractivity contribution in [2.45, 2.75) is 65.2 Å². The highest BCUT2D eigenvalue weighted by molar-refractivity contribution is 5.66. The molecule has 2 saturated carbocycles. The fourth-order valence-corrected chi connectivity index (χ4v) is 4.14. The first-order chi connectivity index (χ1) is 8.01. The normalized spacial score (nSPS) is 38.7. The number of aliphatic carboxylic acids is 1. The van der Waals surface area contributed by atoms with Gasteiger partial charge in [-0.25, -0.2) is 0 Å². The molecule has 17 heavy (non-hydrogen) atoms. The van der Waals surface area contributed by atoms with Gasteiger partial charge < -0.3 is 5.11 Å². The molecule has 2 nitrogen and oxygen atoms in total. The molecule has 2 aliphatic carbocycles. The van der Waals surface area contributed by atoms with Gasteiger partial charge in [0.1, 0.15) is 0 Å². The number of carboxylic acids is 1. The van der Waals surface area contributed by atoms with Gasteiger partial charge in [0.15, 0.2) is 0 Å². The predicted octanol–water partition coefficient (Wildman–Crippen LogP) is 4.09. The van der Waals surface area contributed by atoms with Crippen molar-refractivity contribution >= 4 is 5.97 Å². The van der Waals surface area contributed by atoms with Gasteiger partial charge in [-0.3, -0.25) is 4.79 Å². The first kappa shape index (κ1) is 12.9. The third-order valence-electron chi connectivity index (χ3n) is 5.58. The highest BCUT2D eigenvalue weighted by Gasteiger charge is 2.43. The quantitative estimate of drug-likeness (QED) is 0.800. The first-order valence-corrected chi connectivity index (χ1v) is 7.23. The minimum Gasteiger partial charge on any atom is -0.481 e. The van der Waals surface area contributed by atoms with Crippen molar-refractivity contribution in [1.82, 2.24) is 0 Å². The maximum atomic E-state index is 10.6. The molecule has 0 radical (unpaired) electrons. The molecule has 4 atom stereocenters. The molecule has 0 amide bonds. The number of rotatable bonds is 4. The largest absolute Gasteiger partial charge is 0.481 e. The van der Waals surface area contributed by atoms with Crippen LogP contribution in [0.25, 0.3) is 0 Å². The summed E-state index contributed by atoms with van der Waals surface area (Å²) < 4.78 is 0. The fraction of sp³-hybridized carbons (Fsp3) is 0.933. The Bertz CT molecular complexity index is 287. The second-order valence-corrected chi connectivity index (χ2v) is 6.69. The molecule has 0 aromatic carbocycles. The molecule has 0 saturated heterocycles. The van der Waals surface area contributed by atoms with Crippen LogP contribution in [0.2, 0.25) is 0 Å². The predicted molar refractivity (Wildman–Crippen MR) is 68.8 cm³/mol. The molecule has 2 fully saturated rings. The molecular formula is C15H26O2. The zero-order chi connectivity index (χ0) is 12.5. The number of fused-ring (bicyclic) bond motifs is 1. The summed E-state index contributed by atoms with van der Waals surface area (Å²) in [5.41, 5.74) is 0.628. The van der Waals surface area contributed by atoms with Crippen molar-refractivity contribution in [3.05, 3.63) is 0 Å². The molecule has 1 N–H and O–H groups in total. The van der Waals surface area contributed by atoms with E-state index < -0.39 is 5.97 Å². The van der Waals surface area contributed by atoms with Crippen LogP contribution in [0.15, 0.2) is 0 Å². The summed E-state index contributed by atoms with van der Waals surface area (Å²) in [7, 11) is 0. The lowest BCUT2D eigenvalue weighted by Crippen LogP contribution is -2.32. The molecule has 0 aliphatic heterocycles. The standard InChI is InChI=1S/C15H26O2/c1-11(5-6-14(16)17)12-7-9-15(2)8-3-4-13(15)10-12/h11-13H,3-10H2,1-2H3,(H,16,17)/t11-,12+,13+,15+/m1/s1. The summed E-state index contributed by atoms with van der Waals surface area (Å²) >= 11 is 0. The summed E-state index contributed by atoms with van der Waals surface area (Å²) in [6, 6.07) is 0. The van der Waals surface area contributed by atoms with Crippen LogP contribution in [0.1, 0.15) is 65.2 Å². The number of carbonyl (C=O) groups is 1. The van der Waals surface area contributed by atoms with Gasteiger partial charge in [0, 0.05) is 6.42 Å². The molecule has 0 bridgehead atoms. The average Bonchev–Trinajstić information content (AvgIpc) is 2.66. The Morgan fingerprint density at radius 2 is 2.18 bits per heavy atom. The third-order valence-corrected chi connectivity index (χ3v) is 5.58. The molecule has 2 heteroatoms. The Morgan fingerprint density at radius 3 is 2.88 bits per heavy atom. The fourth-order valence-electron chi connectivity index (χ4n) is 4.14. The lowest BCUT2D eigenvalue weighted by Gasteiger charge is -2.42. The van der Waals surface area contributed by atoms with Gasteiger partial charge in [0.05, 0.1) is 0 Å². The molecule has 0 unspecified atom stereocenters. The second-order valence-electron chi connectivity index (χ2n) is 6.69. The van der Waals surface area contributed by atoms with Gasteiger partial charge in [-0.2, -0.15) is 0 Å². The van der Waals surface area contributed by atoms with E-state index >= 15 is 0 Å². The van der Waals surface area contributed by atoms with E-state index in [2.05, 4.69) is 13.8 Å². The molecular weight excluding hydrogens is 212 g/mol. The Morgan fingerprint density at radius 1 is 1.41 bits per heavy atom. The molecule has 0 aromatic heterocycles. The van der Waals surface area contributed by atoms with Gasteiger partial charge in [0.2, 0.25) is 0 Å². The van der Waals surface area contributed by atoms with Crippen molar-refractivity contribution < 1.29 is 9.90 Å². The van der Waals surface area contributed by atoms with Gasteiger partial charge in [-0.1, -0.05) is 20.3 Å². The monoisotopic (exact) mass is 238 g/mol. The topological polar surface area (TPSA) is 37.3 Å². The van der Waals surface area contributed by atoms with E-state index in [0.717, 1.165) is 18.3 Å². The van der Waals surface area contributed by atoms with Gasteiger partial charge >= 0.3 is 5.97 Å². The van der Waals surface area contributed by atoms with E-state index in [1.165, 1.54) is 38.5 Å². The smallest absolute Gasteiger partial charge is 0.303 e. The van der Waals surface area contributed by atoms with Crippen LogP contribution in [-0.2, 0) is 4.79 Å². The average molecular weight is 238 g/mol. The second kappa shape index (κ2) is 4.99. The Balaban J connectivity index is 1.85. The van der Waals surface area contributed by atoms with E-state index in [9.17, 15) is 4.79 Å². The first-order valence-electron chi connectivity index (χ1n) is 7.23. The van der Waals surface area contributed by atoms with Crippen LogP contribution >= 0.6 is 0 Å². The molecule has 0 heterocycles. The summed E-state index contributed by atoms with van der Waals surface area (Å²) in [4.78, 5) is 10.6.